The molecule has 5 rings (SSSR count). The number of nitrogens with zero attached hydrogens (tertiary/aromatic N) is 2. The number of thioether (sulfide) groups is 1. The van der Waals surface area contributed by atoms with Crippen molar-refractivity contribution in [1.82, 2.24) is 4.90 Å². The second-order valence-electron chi connectivity index (χ2n) is 7.46. The van der Waals surface area contributed by atoms with Gasteiger partial charge in [0.1, 0.15) is 5.82 Å². The van der Waals surface area contributed by atoms with Gasteiger partial charge in [-0.05, 0) is 42.0 Å². The zero-order chi connectivity index (χ0) is 21.6. The van der Waals surface area contributed by atoms with Gasteiger partial charge in [0.15, 0.2) is 4.87 Å². The number of rotatable bonds is 3. The zero-order valence-corrected chi connectivity index (χ0v) is 18.0. The summed E-state index contributed by atoms with van der Waals surface area (Å²) in [6.07, 6.45) is 0. The van der Waals surface area contributed by atoms with Crippen LogP contribution in [0.3, 0.4) is 0 Å². The lowest BCUT2D eigenvalue weighted by Gasteiger charge is -2.33. The summed E-state index contributed by atoms with van der Waals surface area (Å²) in [4.78, 5) is 29.2. The van der Waals surface area contributed by atoms with E-state index in [0.29, 0.717) is 34.1 Å². The number of amides is 2. The molecule has 1 fully saturated rings. The molecule has 0 aromatic heterocycles. The van der Waals surface area contributed by atoms with E-state index < -0.39 is 10.7 Å². The average Bonchev–Trinajstić information content (AvgIpc) is 3.32. The summed E-state index contributed by atoms with van der Waals surface area (Å²) in [7, 11) is 0. The van der Waals surface area contributed by atoms with Crippen LogP contribution in [0.4, 0.5) is 10.1 Å². The van der Waals surface area contributed by atoms with Crippen LogP contribution in [0.5, 0.6) is 0 Å². The Morgan fingerprint density at radius 1 is 1.06 bits per heavy atom. The molecule has 156 valence electrons. The Morgan fingerprint density at radius 3 is 2.58 bits per heavy atom. The highest BCUT2D eigenvalue weighted by Gasteiger charge is 2.59. The van der Waals surface area contributed by atoms with E-state index in [0.717, 1.165) is 5.56 Å². The molecule has 2 amide bonds. The molecule has 1 atom stereocenters. The number of benzene rings is 3. The number of anilines is 1. The lowest BCUT2D eigenvalue weighted by Crippen LogP contribution is -2.50. The summed E-state index contributed by atoms with van der Waals surface area (Å²) < 4.78 is 14.3. The molecular weight excluding hydrogens is 435 g/mol. The van der Waals surface area contributed by atoms with E-state index in [1.807, 2.05) is 24.3 Å². The third kappa shape index (κ3) is 3.13. The quantitative estimate of drug-likeness (QED) is 0.557. The molecule has 0 unspecified atom stereocenters. The van der Waals surface area contributed by atoms with Gasteiger partial charge in [-0.15, -0.1) is 11.8 Å². The SMILES string of the molecule is O=C(c1ccccc1)N1CCS[C@]12C(=O)N(Cc1ccccc1Cl)c1ccc(F)cc12. The Labute approximate surface area is 188 Å². The van der Waals surface area contributed by atoms with Gasteiger partial charge in [0.05, 0.1) is 12.2 Å². The molecule has 3 aromatic carbocycles. The van der Waals surface area contributed by atoms with Crippen LogP contribution in [0.25, 0.3) is 0 Å². The maximum atomic E-state index is 14.3. The van der Waals surface area contributed by atoms with Crippen molar-refractivity contribution in [3.8, 4) is 0 Å². The van der Waals surface area contributed by atoms with Crippen molar-refractivity contribution in [3.63, 3.8) is 0 Å². The molecule has 2 aliphatic heterocycles. The molecule has 2 aliphatic rings. The monoisotopic (exact) mass is 452 g/mol. The van der Waals surface area contributed by atoms with Crippen LogP contribution in [-0.4, -0.2) is 29.0 Å². The van der Waals surface area contributed by atoms with Crippen LogP contribution in [0.15, 0.2) is 72.8 Å². The van der Waals surface area contributed by atoms with Crippen LogP contribution in [0, 0.1) is 5.82 Å². The van der Waals surface area contributed by atoms with Gasteiger partial charge in [-0.2, -0.15) is 0 Å². The number of hydrogen-bond acceptors (Lipinski definition) is 3. The largest absolute Gasteiger partial charge is 0.311 e. The lowest BCUT2D eigenvalue weighted by atomic mass is 10.0. The van der Waals surface area contributed by atoms with E-state index in [4.69, 9.17) is 11.6 Å². The summed E-state index contributed by atoms with van der Waals surface area (Å²) in [5.41, 5.74) is 2.40. The Kier molecular flexibility index (Phi) is 4.99. The van der Waals surface area contributed by atoms with Gasteiger partial charge in [-0.3, -0.25) is 9.59 Å². The Hall–Kier alpha value is -2.83. The number of carbonyl (C=O) groups excluding carboxylic acids is 2. The minimum absolute atomic E-state index is 0.242. The standard InChI is InChI=1S/C24H18ClFN2O2S/c25-20-9-5-4-8-17(20)15-27-21-11-10-18(26)14-19(21)24(23(27)30)28(12-13-31-24)22(29)16-6-2-1-3-7-16/h1-11,14H,12-13,15H2/t24-/m1/s1. The molecule has 0 saturated carbocycles. The van der Waals surface area contributed by atoms with E-state index in [1.165, 1.54) is 23.9 Å². The molecule has 0 radical (unpaired) electrons. The number of halogens is 2. The van der Waals surface area contributed by atoms with Crippen molar-refractivity contribution in [1.29, 1.82) is 0 Å². The van der Waals surface area contributed by atoms with Gasteiger partial charge >= 0.3 is 0 Å². The molecule has 31 heavy (non-hydrogen) atoms. The molecular formula is C24H18ClFN2O2S. The Bertz CT molecular complexity index is 1190. The summed E-state index contributed by atoms with van der Waals surface area (Å²) in [6, 6.07) is 20.5. The third-order valence-electron chi connectivity index (χ3n) is 5.71. The minimum atomic E-state index is -1.29. The van der Waals surface area contributed by atoms with Gasteiger partial charge in [-0.1, -0.05) is 48.0 Å². The van der Waals surface area contributed by atoms with Gasteiger partial charge < -0.3 is 9.80 Å². The molecule has 0 bridgehead atoms. The van der Waals surface area contributed by atoms with E-state index in [-0.39, 0.29) is 18.4 Å². The maximum absolute atomic E-state index is 14.3. The summed E-state index contributed by atoms with van der Waals surface area (Å²) in [6.45, 7) is 0.646. The second-order valence-corrected chi connectivity index (χ2v) is 9.15. The highest BCUT2D eigenvalue weighted by atomic mass is 35.5. The second kappa shape index (κ2) is 7.70. The topological polar surface area (TPSA) is 40.6 Å². The van der Waals surface area contributed by atoms with E-state index in [9.17, 15) is 14.0 Å². The molecule has 4 nitrogen and oxygen atoms in total. The number of carbonyl (C=O) groups is 2. The van der Waals surface area contributed by atoms with Crippen LogP contribution < -0.4 is 4.90 Å². The van der Waals surface area contributed by atoms with Crippen molar-refractivity contribution in [2.75, 3.05) is 17.2 Å². The minimum Gasteiger partial charge on any atom is -0.311 e. The van der Waals surface area contributed by atoms with Gasteiger partial charge in [-0.25, -0.2) is 4.39 Å². The van der Waals surface area contributed by atoms with Gasteiger partial charge in [0, 0.05) is 28.4 Å². The molecule has 0 N–H and O–H groups in total. The molecule has 7 heteroatoms. The highest BCUT2D eigenvalue weighted by molar-refractivity contribution is 8.01. The van der Waals surface area contributed by atoms with Crippen molar-refractivity contribution in [2.45, 2.75) is 11.4 Å². The first-order chi connectivity index (χ1) is 15.0. The summed E-state index contributed by atoms with van der Waals surface area (Å²) in [5.74, 6) is -0.348. The fourth-order valence-electron chi connectivity index (χ4n) is 4.28. The van der Waals surface area contributed by atoms with Crippen molar-refractivity contribution in [3.05, 3.63) is 100 Å². The predicted molar refractivity (Wildman–Crippen MR) is 121 cm³/mol. The van der Waals surface area contributed by atoms with Crippen LogP contribution in [0.2, 0.25) is 5.02 Å². The molecule has 1 spiro atoms. The average molecular weight is 453 g/mol. The molecule has 1 saturated heterocycles. The third-order valence-corrected chi connectivity index (χ3v) is 7.50. The fourth-order valence-corrected chi connectivity index (χ4v) is 5.93. The van der Waals surface area contributed by atoms with E-state index in [1.54, 1.807) is 46.2 Å². The first kappa shape index (κ1) is 20.1. The Morgan fingerprint density at radius 2 is 1.81 bits per heavy atom. The maximum Gasteiger partial charge on any atom is 0.268 e. The van der Waals surface area contributed by atoms with Crippen molar-refractivity contribution >= 4 is 40.9 Å². The Balaban J connectivity index is 1.62. The number of fused-ring (bicyclic) bond motifs is 2. The lowest BCUT2D eigenvalue weighted by molar-refractivity contribution is -0.123. The first-order valence-corrected chi connectivity index (χ1v) is 11.2. The van der Waals surface area contributed by atoms with Gasteiger partial charge in [0.25, 0.3) is 11.8 Å². The normalized spacial score (nSPS) is 19.9. The number of hydrogen-bond donors (Lipinski definition) is 0. The van der Waals surface area contributed by atoms with Crippen molar-refractivity contribution in [2.24, 2.45) is 0 Å². The van der Waals surface area contributed by atoms with Crippen LogP contribution in [-0.2, 0) is 16.2 Å². The summed E-state index contributed by atoms with van der Waals surface area (Å²) >= 11 is 7.72. The smallest absolute Gasteiger partial charge is 0.268 e. The molecule has 3 aromatic rings. The van der Waals surface area contributed by atoms with Gasteiger partial charge in [0.2, 0.25) is 0 Å². The van der Waals surface area contributed by atoms with E-state index >= 15 is 0 Å². The highest BCUT2D eigenvalue weighted by Crippen LogP contribution is 2.55. The summed E-state index contributed by atoms with van der Waals surface area (Å²) in [5, 5.41) is 0.552. The molecule has 2 heterocycles. The van der Waals surface area contributed by atoms with Crippen LogP contribution in [0.1, 0.15) is 21.5 Å². The first-order valence-electron chi connectivity index (χ1n) is 9.89. The van der Waals surface area contributed by atoms with Crippen molar-refractivity contribution < 1.29 is 14.0 Å². The predicted octanol–water partition coefficient (Wildman–Crippen LogP) is 5.07. The van der Waals surface area contributed by atoms with E-state index in [2.05, 4.69) is 0 Å². The zero-order valence-electron chi connectivity index (χ0n) is 16.4. The van der Waals surface area contributed by atoms with Crippen LogP contribution >= 0.6 is 23.4 Å². The molecule has 0 aliphatic carbocycles. The fraction of sp³-hybridized carbons (Fsp3) is 0.167.